The van der Waals surface area contributed by atoms with Crippen LogP contribution in [-0.4, -0.2) is 28.0 Å². The standard InChI is InChI=1S/C12H14N2O2S/c15-17(8-9-5-6-13-7-9)12-14-10-3-1-2-4-11(10)16-12/h1-4,9,13H,5-8H2/t9-,17-/m1/s1. The van der Waals surface area contributed by atoms with E-state index in [1.807, 2.05) is 24.3 Å². The fourth-order valence-electron chi connectivity index (χ4n) is 2.09. The molecule has 5 heteroatoms. The second-order valence-corrected chi connectivity index (χ2v) is 5.69. The van der Waals surface area contributed by atoms with Gasteiger partial charge in [0.1, 0.15) is 16.3 Å². The Hall–Kier alpha value is -1.20. The molecule has 1 N–H and O–H groups in total. The molecule has 90 valence electrons. The van der Waals surface area contributed by atoms with Crippen LogP contribution in [0.5, 0.6) is 0 Å². The molecule has 4 nitrogen and oxygen atoms in total. The van der Waals surface area contributed by atoms with Crippen molar-refractivity contribution in [2.45, 2.75) is 11.6 Å². The Kier molecular flexibility index (Phi) is 2.94. The highest BCUT2D eigenvalue weighted by Gasteiger charge is 2.21. The van der Waals surface area contributed by atoms with Crippen molar-refractivity contribution < 1.29 is 8.63 Å². The Labute approximate surface area is 102 Å². The zero-order chi connectivity index (χ0) is 11.7. The summed E-state index contributed by atoms with van der Waals surface area (Å²) in [6.45, 7) is 1.97. The summed E-state index contributed by atoms with van der Waals surface area (Å²) in [5.41, 5.74) is 1.49. The molecule has 1 aliphatic rings. The Morgan fingerprint density at radius 1 is 1.47 bits per heavy atom. The second kappa shape index (κ2) is 4.58. The van der Waals surface area contributed by atoms with Crippen LogP contribution >= 0.6 is 0 Å². The number of fused-ring (bicyclic) bond motifs is 1. The maximum Gasteiger partial charge on any atom is 0.287 e. The van der Waals surface area contributed by atoms with Crippen molar-refractivity contribution in [3.05, 3.63) is 24.3 Å². The van der Waals surface area contributed by atoms with Gasteiger partial charge in [0.05, 0.1) is 0 Å². The van der Waals surface area contributed by atoms with Crippen LogP contribution in [-0.2, 0) is 10.8 Å². The zero-order valence-corrected chi connectivity index (χ0v) is 10.2. The van der Waals surface area contributed by atoms with E-state index >= 15 is 0 Å². The summed E-state index contributed by atoms with van der Waals surface area (Å²) in [6.07, 6.45) is 1.09. The third-order valence-corrected chi connectivity index (χ3v) is 4.36. The van der Waals surface area contributed by atoms with Gasteiger partial charge >= 0.3 is 0 Å². The molecule has 0 unspecified atom stereocenters. The van der Waals surface area contributed by atoms with Crippen LogP contribution in [0, 0.1) is 5.92 Å². The van der Waals surface area contributed by atoms with E-state index in [0.29, 0.717) is 22.5 Å². The van der Waals surface area contributed by atoms with Gasteiger partial charge in [-0.3, -0.25) is 0 Å². The minimum Gasteiger partial charge on any atom is -0.430 e. The summed E-state index contributed by atoms with van der Waals surface area (Å²) in [5, 5.41) is 3.63. The Morgan fingerprint density at radius 2 is 2.35 bits per heavy atom. The van der Waals surface area contributed by atoms with Gasteiger partial charge in [-0.05, 0) is 37.6 Å². The highest BCUT2D eigenvalue weighted by Crippen LogP contribution is 2.19. The van der Waals surface area contributed by atoms with Gasteiger partial charge in [0, 0.05) is 5.75 Å². The number of nitrogens with zero attached hydrogens (tertiary/aromatic N) is 1. The molecule has 0 aliphatic carbocycles. The largest absolute Gasteiger partial charge is 0.430 e. The first-order chi connectivity index (χ1) is 8.33. The summed E-state index contributed by atoms with van der Waals surface area (Å²) in [7, 11) is -1.12. The molecule has 1 aromatic heterocycles. The van der Waals surface area contributed by atoms with Crippen molar-refractivity contribution >= 4 is 21.9 Å². The molecule has 1 aliphatic heterocycles. The van der Waals surface area contributed by atoms with Crippen molar-refractivity contribution in [2.24, 2.45) is 5.92 Å². The van der Waals surface area contributed by atoms with Crippen molar-refractivity contribution in [3.63, 3.8) is 0 Å². The quantitative estimate of drug-likeness (QED) is 0.898. The first-order valence-electron chi connectivity index (χ1n) is 5.77. The Balaban J connectivity index is 1.80. The number of benzene rings is 1. The third kappa shape index (κ3) is 2.25. The third-order valence-electron chi connectivity index (χ3n) is 3.02. The van der Waals surface area contributed by atoms with Crippen LogP contribution in [0.1, 0.15) is 6.42 Å². The fourth-order valence-corrected chi connectivity index (χ4v) is 3.33. The van der Waals surface area contributed by atoms with Crippen molar-refractivity contribution in [3.8, 4) is 0 Å². The molecule has 0 radical (unpaired) electrons. The lowest BCUT2D eigenvalue weighted by atomic mass is 10.2. The predicted octanol–water partition coefficient (Wildman–Crippen LogP) is 1.54. The first kappa shape index (κ1) is 10.9. The van der Waals surface area contributed by atoms with Gasteiger partial charge in [-0.15, -0.1) is 0 Å². The molecule has 2 atom stereocenters. The topological polar surface area (TPSA) is 55.1 Å². The molecule has 0 bridgehead atoms. The predicted molar refractivity (Wildman–Crippen MR) is 66.3 cm³/mol. The Bertz CT molecular complexity index is 513. The lowest BCUT2D eigenvalue weighted by Gasteiger charge is -2.04. The Morgan fingerprint density at radius 3 is 3.12 bits per heavy atom. The van der Waals surface area contributed by atoms with E-state index in [1.54, 1.807) is 0 Å². The van der Waals surface area contributed by atoms with E-state index in [9.17, 15) is 4.21 Å². The molecular formula is C12H14N2O2S. The van der Waals surface area contributed by atoms with E-state index in [2.05, 4.69) is 10.3 Å². The number of rotatable bonds is 3. The van der Waals surface area contributed by atoms with Crippen molar-refractivity contribution in [2.75, 3.05) is 18.8 Å². The molecule has 1 fully saturated rings. The van der Waals surface area contributed by atoms with E-state index in [0.717, 1.165) is 25.0 Å². The minimum atomic E-state index is -1.12. The number of oxazole rings is 1. The van der Waals surface area contributed by atoms with Gasteiger partial charge in [0.15, 0.2) is 5.58 Å². The number of para-hydroxylation sites is 2. The molecular weight excluding hydrogens is 236 g/mol. The number of aromatic nitrogens is 1. The summed E-state index contributed by atoms with van der Waals surface area (Å²) in [4.78, 5) is 4.27. The molecule has 1 saturated heterocycles. The molecule has 3 rings (SSSR count). The number of hydrogen-bond donors (Lipinski definition) is 1. The van der Waals surface area contributed by atoms with E-state index in [-0.39, 0.29) is 0 Å². The molecule has 0 spiro atoms. The summed E-state index contributed by atoms with van der Waals surface area (Å²) in [5.74, 6) is 1.12. The van der Waals surface area contributed by atoms with Crippen molar-refractivity contribution in [1.29, 1.82) is 0 Å². The van der Waals surface area contributed by atoms with E-state index < -0.39 is 10.8 Å². The molecule has 0 amide bonds. The first-order valence-corrected chi connectivity index (χ1v) is 7.09. The highest BCUT2D eigenvalue weighted by atomic mass is 32.2. The van der Waals surface area contributed by atoms with Gasteiger partial charge in [0.25, 0.3) is 5.22 Å². The van der Waals surface area contributed by atoms with Crippen LogP contribution in [0.4, 0.5) is 0 Å². The minimum absolute atomic E-state index is 0.359. The van der Waals surface area contributed by atoms with Gasteiger partial charge in [0.2, 0.25) is 0 Å². The zero-order valence-electron chi connectivity index (χ0n) is 9.39. The van der Waals surface area contributed by atoms with E-state index in [4.69, 9.17) is 4.42 Å². The average molecular weight is 250 g/mol. The van der Waals surface area contributed by atoms with Crippen LogP contribution < -0.4 is 5.32 Å². The van der Waals surface area contributed by atoms with Crippen LogP contribution in [0.25, 0.3) is 11.1 Å². The molecule has 2 aromatic rings. The molecule has 0 saturated carbocycles. The second-order valence-electron chi connectivity index (χ2n) is 4.32. The monoisotopic (exact) mass is 250 g/mol. The maximum atomic E-state index is 12.1. The lowest BCUT2D eigenvalue weighted by molar-refractivity contribution is 0.475. The maximum absolute atomic E-state index is 12.1. The normalized spacial score (nSPS) is 22.0. The molecule has 2 heterocycles. The fraction of sp³-hybridized carbons (Fsp3) is 0.417. The number of nitrogens with one attached hydrogen (secondary N) is 1. The number of hydrogen-bond acceptors (Lipinski definition) is 4. The van der Waals surface area contributed by atoms with Crippen LogP contribution in [0.3, 0.4) is 0 Å². The SMILES string of the molecule is O=[S@](C[C@@H]1CCNC1)c1nc2ccccc2o1. The lowest BCUT2D eigenvalue weighted by Crippen LogP contribution is -2.15. The average Bonchev–Trinajstić information content (AvgIpc) is 2.96. The summed E-state index contributed by atoms with van der Waals surface area (Å²) >= 11 is 0. The molecule has 17 heavy (non-hydrogen) atoms. The highest BCUT2D eigenvalue weighted by molar-refractivity contribution is 7.84. The van der Waals surface area contributed by atoms with Crippen LogP contribution in [0.15, 0.2) is 33.9 Å². The summed E-state index contributed by atoms with van der Waals surface area (Å²) in [6, 6.07) is 7.51. The van der Waals surface area contributed by atoms with Gasteiger partial charge < -0.3 is 9.73 Å². The summed E-state index contributed by atoms with van der Waals surface area (Å²) < 4.78 is 17.6. The van der Waals surface area contributed by atoms with E-state index in [1.165, 1.54) is 0 Å². The smallest absolute Gasteiger partial charge is 0.287 e. The van der Waals surface area contributed by atoms with Gasteiger partial charge in [-0.1, -0.05) is 12.1 Å². The van der Waals surface area contributed by atoms with Crippen LogP contribution in [0.2, 0.25) is 0 Å². The van der Waals surface area contributed by atoms with Gasteiger partial charge in [-0.25, -0.2) is 9.19 Å². The van der Waals surface area contributed by atoms with Gasteiger partial charge in [-0.2, -0.15) is 0 Å². The van der Waals surface area contributed by atoms with Crippen molar-refractivity contribution in [1.82, 2.24) is 10.3 Å². The molecule has 1 aromatic carbocycles.